The third-order valence-electron chi connectivity index (χ3n) is 9.68. The first-order valence-corrected chi connectivity index (χ1v) is 22.3. The maximum absolute atomic E-state index is 13.7. The van der Waals surface area contributed by atoms with Gasteiger partial charge >= 0.3 is 15.6 Å². The summed E-state index contributed by atoms with van der Waals surface area (Å²) < 4.78 is 72.5. The highest BCUT2D eigenvalue weighted by Crippen LogP contribution is 2.48. The SMILES string of the molecule is C/C=C\c1cc(N(c2ccccc2)c2cc(OS(=O)(=O)C(F)(F)F)cc3c2sc2ccc(-c4cccc(C5=C(C)C=CCC5)c4C)cc23)ccc1C.C=CC=C.CC.CC. The van der Waals surface area contributed by atoms with Crippen molar-refractivity contribution >= 4 is 70.3 Å². The Morgan fingerprint density at radius 2 is 1.47 bits per heavy atom. The molecular weight excluding hydrogens is 796 g/mol. The molecule has 0 N–H and O–H groups in total. The molecule has 60 heavy (non-hydrogen) atoms. The lowest BCUT2D eigenvalue weighted by molar-refractivity contribution is -0.0500. The van der Waals surface area contributed by atoms with Gasteiger partial charge in [0.1, 0.15) is 5.75 Å². The van der Waals surface area contributed by atoms with Crippen molar-refractivity contribution in [2.24, 2.45) is 0 Å². The zero-order chi connectivity index (χ0) is 44.2. The monoisotopic (exact) mass is 849 g/mol. The van der Waals surface area contributed by atoms with E-state index in [2.05, 4.69) is 63.4 Å². The molecule has 0 bridgehead atoms. The number of hydrogen-bond acceptors (Lipinski definition) is 5. The lowest BCUT2D eigenvalue weighted by atomic mass is 9.86. The number of para-hydroxylation sites is 1. The average Bonchev–Trinajstić information content (AvgIpc) is 3.62. The molecule has 9 heteroatoms. The Bertz CT molecular complexity index is 2650. The zero-order valence-corrected chi connectivity index (χ0v) is 37.3. The lowest BCUT2D eigenvalue weighted by Crippen LogP contribution is -2.28. The number of benzene rings is 5. The van der Waals surface area contributed by atoms with Crippen LogP contribution in [0.1, 0.15) is 76.6 Å². The Hall–Kier alpha value is -5.64. The summed E-state index contributed by atoms with van der Waals surface area (Å²) in [6.45, 7) is 22.9. The standard InChI is InChI=1S/C43H36F3NO3S2.C4H6.2C2H6/c1-5-12-30-23-33(21-19-27(30)2)47(32-14-7-6-8-15-32)40-26-34(50-52(48,49)43(44,45)46)25-39-38-24-31(20-22-41(38)51-42(39)40)36-17-11-18-37(29(36)4)35-16-10-9-13-28(35)3;1-3-4-2;2*1-2/h5-9,11-15,17-26H,10,16H2,1-4H3;3-4H,1-2H2;2*1-2H3/b12-5-;;;. The number of anilines is 3. The summed E-state index contributed by atoms with van der Waals surface area (Å²) in [6, 6.07) is 30.6. The Kier molecular flexibility index (Phi) is 16.5. The first kappa shape index (κ1) is 47.0. The molecule has 0 spiro atoms. The van der Waals surface area contributed by atoms with Crippen LogP contribution >= 0.6 is 11.3 Å². The van der Waals surface area contributed by atoms with Crippen molar-refractivity contribution in [1.82, 2.24) is 0 Å². The summed E-state index contributed by atoms with van der Waals surface area (Å²) >= 11 is 1.49. The number of fused-ring (bicyclic) bond motifs is 3. The minimum Gasteiger partial charge on any atom is -0.376 e. The second kappa shape index (κ2) is 21.1. The van der Waals surface area contributed by atoms with Crippen LogP contribution in [0.25, 0.3) is 42.9 Å². The summed E-state index contributed by atoms with van der Waals surface area (Å²) in [5.41, 5.74) is 5.27. The van der Waals surface area contributed by atoms with Gasteiger partial charge in [0.2, 0.25) is 0 Å². The fourth-order valence-corrected chi connectivity index (χ4v) is 8.54. The van der Waals surface area contributed by atoms with E-state index in [0.29, 0.717) is 11.1 Å². The van der Waals surface area contributed by atoms with E-state index in [9.17, 15) is 21.6 Å². The van der Waals surface area contributed by atoms with Gasteiger partial charge < -0.3 is 9.08 Å². The van der Waals surface area contributed by atoms with Crippen molar-refractivity contribution in [3.63, 3.8) is 0 Å². The molecule has 0 unspecified atom stereocenters. The van der Waals surface area contributed by atoms with Crippen LogP contribution in [0.5, 0.6) is 5.75 Å². The second-order valence-corrected chi connectivity index (χ2v) is 16.0. The van der Waals surface area contributed by atoms with Gasteiger partial charge in [-0.2, -0.15) is 21.6 Å². The largest absolute Gasteiger partial charge is 0.534 e. The van der Waals surface area contributed by atoms with Crippen molar-refractivity contribution in [3.8, 4) is 16.9 Å². The molecule has 7 rings (SSSR count). The molecule has 314 valence electrons. The number of nitrogens with zero attached hydrogens (tertiary/aromatic N) is 1. The van der Waals surface area contributed by atoms with Crippen molar-refractivity contribution < 1.29 is 25.8 Å². The molecular formula is C51H54F3NO3S2. The molecule has 0 fully saturated rings. The average molecular weight is 850 g/mol. The minimum atomic E-state index is -5.96. The molecule has 6 aromatic rings. The van der Waals surface area contributed by atoms with E-state index in [-0.39, 0.29) is 0 Å². The predicted molar refractivity (Wildman–Crippen MR) is 253 cm³/mol. The van der Waals surface area contributed by atoms with Crippen LogP contribution in [-0.2, 0) is 10.1 Å². The van der Waals surface area contributed by atoms with Crippen LogP contribution in [0.15, 0.2) is 146 Å². The normalized spacial score (nSPS) is 12.5. The zero-order valence-electron chi connectivity index (χ0n) is 35.7. The topological polar surface area (TPSA) is 46.6 Å². The highest BCUT2D eigenvalue weighted by Gasteiger charge is 2.48. The highest BCUT2D eigenvalue weighted by molar-refractivity contribution is 7.88. The van der Waals surface area contributed by atoms with E-state index < -0.39 is 21.4 Å². The number of rotatable bonds is 9. The van der Waals surface area contributed by atoms with E-state index in [1.165, 1.54) is 40.2 Å². The number of hydrogen-bond donors (Lipinski definition) is 0. The summed E-state index contributed by atoms with van der Waals surface area (Å²) in [5.74, 6) is -0.433. The third-order valence-corrected chi connectivity index (χ3v) is 11.9. The Morgan fingerprint density at radius 1 is 0.783 bits per heavy atom. The molecule has 0 radical (unpaired) electrons. The lowest BCUT2D eigenvalue weighted by Gasteiger charge is -2.27. The van der Waals surface area contributed by atoms with Gasteiger partial charge in [0.15, 0.2) is 0 Å². The van der Waals surface area contributed by atoms with E-state index in [0.717, 1.165) is 66.8 Å². The number of aryl methyl sites for hydroxylation is 1. The first-order chi connectivity index (χ1) is 28.8. The molecule has 0 atom stereocenters. The van der Waals surface area contributed by atoms with Gasteiger partial charge in [0.05, 0.1) is 10.4 Å². The fourth-order valence-electron chi connectivity index (χ4n) is 6.93. The molecule has 1 aliphatic carbocycles. The van der Waals surface area contributed by atoms with Crippen molar-refractivity contribution in [2.45, 2.75) is 73.7 Å². The number of halogens is 3. The van der Waals surface area contributed by atoms with E-state index in [4.69, 9.17) is 4.18 Å². The maximum Gasteiger partial charge on any atom is 0.534 e. The Balaban J connectivity index is 0.000000925. The fraction of sp³-hybridized carbons (Fsp3) is 0.216. The number of allylic oxidation sites excluding steroid dienone is 7. The molecule has 1 heterocycles. The van der Waals surface area contributed by atoms with Crippen molar-refractivity contribution in [3.05, 3.63) is 168 Å². The van der Waals surface area contributed by atoms with Gasteiger partial charge in [-0.25, -0.2) is 0 Å². The maximum atomic E-state index is 13.7. The van der Waals surface area contributed by atoms with Crippen LogP contribution in [0.2, 0.25) is 0 Å². The van der Waals surface area contributed by atoms with Crippen LogP contribution in [0.4, 0.5) is 30.2 Å². The van der Waals surface area contributed by atoms with Gasteiger partial charge in [-0.1, -0.05) is 126 Å². The van der Waals surface area contributed by atoms with Crippen LogP contribution < -0.4 is 9.08 Å². The third kappa shape index (κ3) is 10.4. The molecule has 5 aromatic carbocycles. The summed E-state index contributed by atoms with van der Waals surface area (Å²) in [4.78, 5) is 1.93. The van der Waals surface area contributed by atoms with Gasteiger partial charge in [-0.05, 0) is 128 Å². The van der Waals surface area contributed by atoms with Gasteiger partial charge in [-0.15, -0.1) is 11.3 Å². The van der Waals surface area contributed by atoms with Crippen molar-refractivity contribution in [2.75, 3.05) is 4.90 Å². The number of alkyl halides is 3. The molecule has 1 aliphatic rings. The van der Waals surface area contributed by atoms with Crippen LogP contribution in [0.3, 0.4) is 0 Å². The van der Waals surface area contributed by atoms with Gasteiger partial charge in [0, 0.05) is 32.9 Å². The quantitative estimate of drug-likeness (QED) is 0.0826. The Morgan fingerprint density at radius 3 is 2.10 bits per heavy atom. The summed E-state index contributed by atoms with van der Waals surface area (Å²) in [5, 5.41) is 1.36. The number of thiophene rings is 1. The molecule has 0 saturated heterocycles. The molecule has 1 aromatic heterocycles. The van der Waals surface area contributed by atoms with Gasteiger partial charge in [0.25, 0.3) is 0 Å². The molecule has 4 nitrogen and oxygen atoms in total. The van der Waals surface area contributed by atoms with Crippen LogP contribution in [0, 0.1) is 13.8 Å². The Labute approximate surface area is 358 Å². The molecule has 0 saturated carbocycles. The van der Waals surface area contributed by atoms with E-state index in [1.807, 2.05) is 119 Å². The second-order valence-electron chi connectivity index (χ2n) is 13.4. The first-order valence-electron chi connectivity index (χ1n) is 20.1. The molecule has 0 aliphatic heterocycles. The molecule has 0 amide bonds. The summed E-state index contributed by atoms with van der Waals surface area (Å²) in [7, 11) is -5.96. The van der Waals surface area contributed by atoms with E-state index >= 15 is 0 Å². The minimum absolute atomic E-state index is 0.433. The van der Waals surface area contributed by atoms with Gasteiger partial charge in [-0.3, -0.25) is 0 Å². The van der Waals surface area contributed by atoms with Crippen molar-refractivity contribution in [1.29, 1.82) is 0 Å². The van der Waals surface area contributed by atoms with E-state index in [1.54, 1.807) is 12.2 Å². The van der Waals surface area contributed by atoms with Crippen LogP contribution in [-0.4, -0.2) is 13.9 Å². The highest BCUT2D eigenvalue weighted by atomic mass is 32.2. The summed E-state index contributed by atoms with van der Waals surface area (Å²) in [6.07, 6.45) is 13.5. The smallest absolute Gasteiger partial charge is 0.376 e. The predicted octanol–water partition coefficient (Wildman–Crippen LogP) is 16.6.